The summed E-state index contributed by atoms with van der Waals surface area (Å²) in [5.41, 5.74) is 4.51. The van der Waals surface area contributed by atoms with Crippen LogP contribution in [0.25, 0.3) is 10.9 Å². The van der Waals surface area contributed by atoms with Crippen LogP contribution in [0.1, 0.15) is 30.3 Å². The third-order valence-corrected chi connectivity index (χ3v) is 4.53. The number of hydrogen-bond donors (Lipinski definition) is 2. The molecule has 2 aromatic heterocycles. The number of nitrogens with zero attached hydrogens (tertiary/aromatic N) is 2. The average Bonchev–Trinajstić information content (AvgIpc) is 3.14. The van der Waals surface area contributed by atoms with Crippen molar-refractivity contribution in [1.29, 1.82) is 0 Å². The van der Waals surface area contributed by atoms with E-state index in [0.717, 1.165) is 29.9 Å². The number of carbonyl (C=O) groups excluding carboxylic acids is 1. The molecule has 3 aromatic rings. The molecule has 132 valence electrons. The number of nitrogens with one attached hydrogen (secondary N) is 2. The lowest BCUT2D eigenvalue weighted by Crippen LogP contribution is -2.30. The predicted molar refractivity (Wildman–Crippen MR) is 100 cm³/mol. The maximum Gasteiger partial charge on any atom is 0.220 e. The first-order chi connectivity index (χ1) is 12.0. The van der Waals surface area contributed by atoms with E-state index in [2.05, 4.69) is 47.4 Å². The predicted octanol–water partition coefficient (Wildman–Crippen LogP) is 3.37. The first-order valence-corrected chi connectivity index (χ1v) is 8.85. The van der Waals surface area contributed by atoms with E-state index in [-0.39, 0.29) is 5.91 Å². The first-order valence-electron chi connectivity index (χ1n) is 8.85. The van der Waals surface area contributed by atoms with Gasteiger partial charge in [-0.05, 0) is 43.9 Å². The summed E-state index contributed by atoms with van der Waals surface area (Å²) < 4.78 is 2.01. The van der Waals surface area contributed by atoms with Crippen molar-refractivity contribution in [2.75, 3.05) is 6.54 Å². The van der Waals surface area contributed by atoms with Gasteiger partial charge in [-0.2, -0.15) is 5.10 Å². The van der Waals surface area contributed by atoms with Crippen LogP contribution in [0.2, 0.25) is 0 Å². The highest BCUT2D eigenvalue weighted by Gasteiger charge is 2.10. The van der Waals surface area contributed by atoms with Crippen molar-refractivity contribution in [3.05, 3.63) is 53.5 Å². The van der Waals surface area contributed by atoms with Crippen LogP contribution >= 0.6 is 0 Å². The number of hydrogen-bond acceptors (Lipinski definition) is 2. The van der Waals surface area contributed by atoms with Gasteiger partial charge in [-0.3, -0.25) is 9.48 Å². The van der Waals surface area contributed by atoms with Gasteiger partial charge < -0.3 is 10.3 Å². The maximum absolute atomic E-state index is 12.2. The third-order valence-electron chi connectivity index (χ3n) is 4.53. The molecule has 25 heavy (non-hydrogen) atoms. The van der Waals surface area contributed by atoms with E-state index in [1.165, 1.54) is 10.9 Å². The summed E-state index contributed by atoms with van der Waals surface area (Å²) in [6, 6.07) is 10.3. The zero-order valence-corrected chi connectivity index (χ0v) is 15.2. The van der Waals surface area contributed by atoms with Crippen molar-refractivity contribution in [3.63, 3.8) is 0 Å². The van der Waals surface area contributed by atoms with Gasteiger partial charge in [-0.15, -0.1) is 0 Å². The molecule has 0 aliphatic heterocycles. The Morgan fingerprint density at radius 1 is 1.32 bits per heavy atom. The van der Waals surface area contributed by atoms with Crippen molar-refractivity contribution < 1.29 is 4.79 Å². The van der Waals surface area contributed by atoms with Crippen LogP contribution in [0.3, 0.4) is 0 Å². The number of benzene rings is 1. The van der Waals surface area contributed by atoms with E-state index in [9.17, 15) is 4.79 Å². The van der Waals surface area contributed by atoms with Crippen molar-refractivity contribution in [2.24, 2.45) is 5.92 Å². The lowest BCUT2D eigenvalue weighted by molar-refractivity contribution is -0.121. The Morgan fingerprint density at radius 2 is 2.12 bits per heavy atom. The highest BCUT2D eigenvalue weighted by molar-refractivity contribution is 5.84. The second kappa shape index (κ2) is 7.55. The molecule has 3 rings (SSSR count). The molecule has 1 amide bonds. The maximum atomic E-state index is 12.2. The number of aromatic amines is 1. The zero-order valence-electron chi connectivity index (χ0n) is 15.2. The molecule has 1 aromatic carbocycles. The summed E-state index contributed by atoms with van der Waals surface area (Å²) in [5, 5.41) is 8.73. The van der Waals surface area contributed by atoms with Gasteiger partial charge in [0.05, 0.1) is 5.69 Å². The zero-order chi connectivity index (χ0) is 17.8. The molecule has 0 aliphatic rings. The van der Waals surface area contributed by atoms with Crippen LogP contribution in [0.15, 0.2) is 36.5 Å². The third kappa shape index (κ3) is 4.29. The normalized spacial score (nSPS) is 12.4. The van der Waals surface area contributed by atoms with Gasteiger partial charge >= 0.3 is 0 Å². The van der Waals surface area contributed by atoms with E-state index < -0.39 is 0 Å². The number of H-pyrrole nitrogens is 1. The number of para-hydroxylation sites is 1. The summed E-state index contributed by atoms with van der Waals surface area (Å²) in [4.78, 5) is 15.4. The first kappa shape index (κ1) is 17.3. The van der Waals surface area contributed by atoms with Crippen LogP contribution in [-0.4, -0.2) is 27.2 Å². The largest absolute Gasteiger partial charge is 0.361 e. The molecule has 5 heteroatoms. The molecule has 0 fully saturated rings. The van der Waals surface area contributed by atoms with Gasteiger partial charge in [-0.1, -0.05) is 25.1 Å². The minimum atomic E-state index is 0.102. The van der Waals surface area contributed by atoms with E-state index in [4.69, 9.17) is 0 Å². The van der Waals surface area contributed by atoms with Gasteiger partial charge in [-0.25, -0.2) is 0 Å². The van der Waals surface area contributed by atoms with Crippen LogP contribution in [0.4, 0.5) is 0 Å². The fraction of sp³-hybridized carbons (Fsp3) is 0.400. The van der Waals surface area contributed by atoms with Crippen molar-refractivity contribution in [1.82, 2.24) is 20.1 Å². The molecule has 0 radical (unpaired) electrons. The molecular weight excluding hydrogens is 312 g/mol. The van der Waals surface area contributed by atoms with Gasteiger partial charge in [0.2, 0.25) is 5.91 Å². The molecule has 5 nitrogen and oxygen atoms in total. The molecule has 0 spiro atoms. The fourth-order valence-electron chi connectivity index (χ4n) is 3.18. The van der Waals surface area contributed by atoms with E-state index in [0.29, 0.717) is 18.9 Å². The number of rotatable bonds is 7. The van der Waals surface area contributed by atoms with E-state index >= 15 is 0 Å². The topological polar surface area (TPSA) is 62.7 Å². The molecule has 2 heterocycles. The summed E-state index contributed by atoms with van der Waals surface area (Å²) in [6.07, 6.45) is 3.26. The molecular formula is C20H26N4O. The molecule has 0 aliphatic carbocycles. The number of aryl methyl sites for hydroxylation is 3. The van der Waals surface area contributed by atoms with Gasteiger partial charge in [0.15, 0.2) is 0 Å². The fourth-order valence-corrected chi connectivity index (χ4v) is 3.18. The van der Waals surface area contributed by atoms with Crippen molar-refractivity contribution >= 4 is 16.8 Å². The number of fused-ring (bicyclic) bond motifs is 1. The van der Waals surface area contributed by atoms with Crippen LogP contribution < -0.4 is 5.32 Å². The second-order valence-corrected chi connectivity index (χ2v) is 6.88. The van der Waals surface area contributed by atoms with E-state index in [1.54, 1.807) is 0 Å². The Hall–Kier alpha value is -2.56. The smallest absolute Gasteiger partial charge is 0.220 e. The average molecular weight is 338 g/mol. The summed E-state index contributed by atoms with van der Waals surface area (Å²) in [7, 11) is 0. The van der Waals surface area contributed by atoms with Gasteiger partial charge in [0.25, 0.3) is 0 Å². The summed E-state index contributed by atoms with van der Waals surface area (Å²) in [5.74, 6) is 0.445. The van der Waals surface area contributed by atoms with Crippen molar-refractivity contribution in [3.8, 4) is 0 Å². The van der Waals surface area contributed by atoms with Gasteiger partial charge in [0.1, 0.15) is 0 Å². The minimum Gasteiger partial charge on any atom is -0.361 e. The Kier molecular flexibility index (Phi) is 5.22. The molecule has 0 saturated heterocycles. The molecule has 0 bridgehead atoms. The summed E-state index contributed by atoms with van der Waals surface area (Å²) in [6.45, 7) is 7.69. The Balaban J connectivity index is 1.45. The number of amides is 1. The van der Waals surface area contributed by atoms with Crippen LogP contribution in [0, 0.1) is 19.8 Å². The minimum absolute atomic E-state index is 0.102. The lowest BCUT2D eigenvalue weighted by Gasteiger charge is -2.14. The Bertz CT molecular complexity index is 862. The SMILES string of the molecule is Cc1cc(C)n(C[C@H](C)CNC(=O)CCc2c[nH]c3ccccc23)n1. The molecule has 1 atom stereocenters. The molecule has 2 N–H and O–H groups in total. The van der Waals surface area contributed by atoms with Crippen LogP contribution in [0.5, 0.6) is 0 Å². The lowest BCUT2D eigenvalue weighted by atomic mass is 10.1. The second-order valence-electron chi connectivity index (χ2n) is 6.88. The quantitative estimate of drug-likeness (QED) is 0.694. The summed E-state index contributed by atoms with van der Waals surface area (Å²) >= 11 is 0. The number of carbonyl (C=O) groups is 1. The van der Waals surface area contributed by atoms with E-state index in [1.807, 2.05) is 29.9 Å². The molecule has 0 saturated carbocycles. The Labute approximate surface area is 148 Å². The number of aromatic nitrogens is 3. The monoisotopic (exact) mass is 338 g/mol. The standard InChI is InChI=1S/C20H26N4O/c1-14(13-24-16(3)10-15(2)23-24)11-22-20(25)9-8-17-12-21-19-7-5-4-6-18(17)19/h4-7,10,12,14,21H,8-9,11,13H2,1-3H3,(H,22,25)/t14-/m1/s1. The highest BCUT2D eigenvalue weighted by Crippen LogP contribution is 2.18. The van der Waals surface area contributed by atoms with Crippen molar-refractivity contribution in [2.45, 2.75) is 40.2 Å². The van der Waals surface area contributed by atoms with Gasteiger partial charge in [0, 0.05) is 42.3 Å². The van der Waals surface area contributed by atoms with Crippen LogP contribution in [-0.2, 0) is 17.8 Å². The molecule has 0 unspecified atom stereocenters. The Morgan fingerprint density at radius 3 is 2.88 bits per heavy atom. The highest BCUT2D eigenvalue weighted by atomic mass is 16.1.